The van der Waals surface area contributed by atoms with E-state index >= 15 is 0 Å². The van der Waals surface area contributed by atoms with Crippen LogP contribution in [0, 0.1) is 6.92 Å². The summed E-state index contributed by atoms with van der Waals surface area (Å²) in [5, 5.41) is 11.9. The van der Waals surface area contributed by atoms with Crippen LogP contribution >= 0.6 is 11.6 Å². The molecule has 0 aliphatic heterocycles. The quantitative estimate of drug-likeness (QED) is 0.760. The molecular formula is C18H20ClN5O. The normalized spacial score (nSPS) is 11.5. The molecule has 1 N–H and O–H groups in total. The van der Waals surface area contributed by atoms with Gasteiger partial charge in [-0.3, -0.25) is 14.2 Å². The van der Waals surface area contributed by atoms with Gasteiger partial charge in [0.05, 0.1) is 17.8 Å². The molecule has 0 saturated carbocycles. The molecule has 0 unspecified atom stereocenters. The highest BCUT2D eigenvalue weighted by Crippen LogP contribution is 2.19. The summed E-state index contributed by atoms with van der Waals surface area (Å²) in [5.74, 6) is 0.289. The van der Waals surface area contributed by atoms with Gasteiger partial charge in [-0.2, -0.15) is 10.2 Å². The van der Waals surface area contributed by atoms with E-state index in [2.05, 4.69) is 40.6 Å². The van der Waals surface area contributed by atoms with Crippen molar-refractivity contribution in [2.75, 3.05) is 5.32 Å². The number of halogens is 1. The standard InChI is InChI=1S/C18H20ClN5O/c1-13-5-4-6-14(9-13)11-23-8-7-16(22-23)21-17(25)18(2,3)24-12-15(19)10-20-24/h4-10,12H,11H2,1-3H3,(H,21,22,25). The van der Waals surface area contributed by atoms with Crippen molar-refractivity contribution in [1.82, 2.24) is 19.6 Å². The summed E-state index contributed by atoms with van der Waals surface area (Å²) in [6.07, 6.45) is 4.97. The van der Waals surface area contributed by atoms with Crippen molar-refractivity contribution in [2.45, 2.75) is 32.9 Å². The summed E-state index contributed by atoms with van der Waals surface area (Å²) in [4.78, 5) is 12.6. The van der Waals surface area contributed by atoms with Gasteiger partial charge in [0.15, 0.2) is 5.82 Å². The molecule has 3 rings (SSSR count). The van der Waals surface area contributed by atoms with Gasteiger partial charge >= 0.3 is 0 Å². The van der Waals surface area contributed by atoms with E-state index in [1.807, 2.05) is 12.3 Å². The van der Waals surface area contributed by atoms with Crippen molar-refractivity contribution < 1.29 is 4.79 Å². The van der Waals surface area contributed by atoms with Crippen LogP contribution in [0.2, 0.25) is 5.02 Å². The van der Waals surface area contributed by atoms with Crippen LogP contribution in [0.3, 0.4) is 0 Å². The number of nitrogens with zero attached hydrogens (tertiary/aromatic N) is 4. The molecule has 0 atom stereocenters. The third-order valence-corrected chi connectivity index (χ3v) is 4.18. The molecule has 1 aromatic carbocycles. The number of hydrogen-bond donors (Lipinski definition) is 1. The molecule has 0 aliphatic rings. The average Bonchev–Trinajstić information content (AvgIpc) is 3.17. The Labute approximate surface area is 151 Å². The highest BCUT2D eigenvalue weighted by molar-refractivity contribution is 6.30. The summed E-state index contributed by atoms with van der Waals surface area (Å²) in [7, 11) is 0. The van der Waals surface area contributed by atoms with Crippen LogP contribution < -0.4 is 5.32 Å². The summed E-state index contributed by atoms with van der Waals surface area (Å²) in [5.41, 5.74) is 1.48. The summed E-state index contributed by atoms with van der Waals surface area (Å²) >= 11 is 5.89. The lowest BCUT2D eigenvalue weighted by Gasteiger charge is -2.23. The molecule has 3 aromatic rings. The molecule has 0 saturated heterocycles. The molecule has 25 heavy (non-hydrogen) atoms. The van der Waals surface area contributed by atoms with Gasteiger partial charge in [0.25, 0.3) is 5.91 Å². The molecule has 0 bridgehead atoms. The third kappa shape index (κ3) is 3.91. The number of nitrogens with one attached hydrogen (secondary N) is 1. The number of aryl methyl sites for hydroxylation is 1. The second-order valence-electron chi connectivity index (χ2n) is 6.50. The van der Waals surface area contributed by atoms with Gasteiger partial charge in [-0.25, -0.2) is 0 Å². The number of hydrogen-bond acceptors (Lipinski definition) is 3. The van der Waals surface area contributed by atoms with Gasteiger partial charge < -0.3 is 5.32 Å². The fourth-order valence-corrected chi connectivity index (χ4v) is 2.63. The first-order valence-electron chi connectivity index (χ1n) is 7.96. The van der Waals surface area contributed by atoms with Crippen LogP contribution in [-0.4, -0.2) is 25.5 Å². The highest BCUT2D eigenvalue weighted by atomic mass is 35.5. The van der Waals surface area contributed by atoms with Crippen molar-refractivity contribution in [3.8, 4) is 0 Å². The maximum absolute atomic E-state index is 12.6. The first kappa shape index (κ1) is 17.2. The SMILES string of the molecule is Cc1cccc(Cn2ccc(NC(=O)C(C)(C)n3cc(Cl)cn3)n2)c1. The van der Waals surface area contributed by atoms with E-state index in [-0.39, 0.29) is 5.91 Å². The summed E-state index contributed by atoms with van der Waals surface area (Å²) in [6.45, 7) is 6.25. The Morgan fingerprint density at radius 2 is 2.12 bits per heavy atom. The van der Waals surface area contributed by atoms with Gasteiger partial charge in [-0.15, -0.1) is 0 Å². The van der Waals surface area contributed by atoms with E-state index in [1.165, 1.54) is 16.4 Å². The Kier molecular flexibility index (Phi) is 4.63. The molecule has 2 aromatic heterocycles. The Bertz CT molecular complexity index is 896. The van der Waals surface area contributed by atoms with E-state index in [9.17, 15) is 4.79 Å². The molecule has 130 valence electrons. The van der Waals surface area contributed by atoms with Crippen molar-refractivity contribution in [3.05, 3.63) is 65.1 Å². The molecular weight excluding hydrogens is 338 g/mol. The smallest absolute Gasteiger partial charge is 0.252 e. The van der Waals surface area contributed by atoms with Crippen molar-refractivity contribution in [1.29, 1.82) is 0 Å². The van der Waals surface area contributed by atoms with Crippen molar-refractivity contribution >= 4 is 23.3 Å². The second-order valence-corrected chi connectivity index (χ2v) is 6.94. The topological polar surface area (TPSA) is 64.7 Å². The Hall–Kier alpha value is -2.60. The number of carbonyl (C=O) groups is 1. The lowest BCUT2D eigenvalue weighted by molar-refractivity contribution is -0.123. The predicted octanol–water partition coefficient (Wildman–Crippen LogP) is 3.46. The maximum Gasteiger partial charge on any atom is 0.252 e. The van der Waals surface area contributed by atoms with E-state index in [1.54, 1.807) is 30.8 Å². The number of benzene rings is 1. The predicted molar refractivity (Wildman–Crippen MR) is 97.7 cm³/mol. The van der Waals surface area contributed by atoms with Gasteiger partial charge in [0, 0.05) is 18.5 Å². The second kappa shape index (κ2) is 6.72. The average molecular weight is 358 g/mol. The fraction of sp³-hybridized carbons (Fsp3) is 0.278. The number of amides is 1. The van der Waals surface area contributed by atoms with Gasteiger partial charge in [0.2, 0.25) is 0 Å². The molecule has 7 heteroatoms. The van der Waals surface area contributed by atoms with Crippen LogP contribution in [0.1, 0.15) is 25.0 Å². The first-order chi connectivity index (χ1) is 11.8. The van der Waals surface area contributed by atoms with E-state index in [4.69, 9.17) is 11.6 Å². The van der Waals surface area contributed by atoms with Gasteiger partial charge in [0.1, 0.15) is 5.54 Å². The molecule has 2 heterocycles. The monoisotopic (exact) mass is 357 g/mol. The Balaban J connectivity index is 1.69. The molecule has 0 spiro atoms. The number of carbonyl (C=O) groups excluding carboxylic acids is 1. The molecule has 0 aliphatic carbocycles. The minimum Gasteiger partial charge on any atom is -0.307 e. The Morgan fingerprint density at radius 3 is 2.80 bits per heavy atom. The number of rotatable bonds is 5. The zero-order chi connectivity index (χ0) is 18.0. The third-order valence-electron chi connectivity index (χ3n) is 3.99. The minimum absolute atomic E-state index is 0.215. The largest absolute Gasteiger partial charge is 0.307 e. The zero-order valence-corrected chi connectivity index (χ0v) is 15.2. The zero-order valence-electron chi connectivity index (χ0n) is 14.4. The van der Waals surface area contributed by atoms with Crippen LogP contribution in [0.5, 0.6) is 0 Å². The molecule has 6 nitrogen and oxygen atoms in total. The lowest BCUT2D eigenvalue weighted by Crippen LogP contribution is -2.40. The molecule has 0 radical (unpaired) electrons. The van der Waals surface area contributed by atoms with E-state index in [0.717, 1.165) is 5.56 Å². The fourth-order valence-electron chi connectivity index (χ4n) is 2.49. The maximum atomic E-state index is 12.6. The van der Waals surface area contributed by atoms with E-state index in [0.29, 0.717) is 17.4 Å². The Morgan fingerprint density at radius 1 is 1.32 bits per heavy atom. The number of aromatic nitrogens is 4. The lowest BCUT2D eigenvalue weighted by atomic mass is 10.1. The van der Waals surface area contributed by atoms with E-state index < -0.39 is 5.54 Å². The van der Waals surface area contributed by atoms with Gasteiger partial charge in [-0.1, -0.05) is 41.4 Å². The van der Waals surface area contributed by atoms with Crippen molar-refractivity contribution in [2.24, 2.45) is 0 Å². The van der Waals surface area contributed by atoms with Crippen LogP contribution in [0.15, 0.2) is 48.9 Å². The summed E-state index contributed by atoms with van der Waals surface area (Å²) in [6, 6.07) is 10.0. The molecule has 0 fully saturated rings. The van der Waals surface area contributed by atoms with Crippen LogP contribution in [-0.2, 0) is 16.9 Å². The summed E-state index contributed by atoms with van der Waals surface area (Å²) < 4.78 is 3.33. The minimum atomic E-state index is -0.881. The van der Waals surface area contributed by atoms with Crippen molar-refractivity contribution in [3.63, 3.8) is 0 Å². The highest BCUT2D eigenvalue weighted by Gasteiger charge is 2.31. The van der Waals surface area contributed by atoms with Crippen LogP contribution in [0.4, 0.5) is 5.82 Å². The van der Waals surface area contributed by atoms with Gasteiger partial charge in [-0.05, 0) is 26.3 Å². The van der Waals surface area contributed by atoms with Crippen LogP contribution in [0.25, 0.3) is 0 Å². The first-order valence-corrected chi connectivity index (χ1v) is 8.33. The number of anilines is 1. The molecule has 1 amide bonds.